The molecule has 0 fully saturated rings. The van der Waals surface area contributed by atoms with Crippen molar-refractivity contribution in [2.24, 2.45) is 0 Å². The Morgan fingerprint density at radius 1 is 0.429 bits per heavy atom. The normalized spacial score (nSPS) is 12.3. The highest BCUT2D eigenvalue weighted by Crippen LogP contribution is 2.48. The molecule has 0 N–H and O–H groups in total. The van der Waals surface area contributed by atoms with E-state index in [1.54, 1.807) is 0 Å². The molecule has 2 heterocycles. The van der Waals surface area contributed by atoms with Gasteiger partial charge in [-0.15, -0.1) is 0 Å². The molecule has 2 aromatic heterocycles. The van der Waals surface area contributed by atoms with Crippen molar-refractivity contribution in [2.45, 2.75) is 0 Å². The molecule has 1 aliphatic rings. The van der Waals surface area contributed by atoms with Gasteiger partial charge < -0.3 is 8.98 Å². The second-order valence-corrected chi connectivity index (χ2v) is 11.3. The summed E-state index contributed by atoms with van der Waals surface area (Å²) in [5.74, 6) is 0. The highest BCUT2D eigenvalue weighted by molar-refractivity contribution is 6.17. The number of hydrogen-bond acceptors (Lipinski definition) is 1. The molecule has 9 aromatic rings. The van der Waals surface area contributed by atoms with Crippen molar-refractivity contribution in [1.29, 1.82) is 0 Å². The van der Waals surface area contributed by atoms with Gasteiger partial charge in [0.2, 0.25) is 0 Å². The van der Waals surface area contributed by atoms with Crippen LogP contribution in [0.25, 0.3) is 93.6 Å². The third-order valence-corrected chi connectivity index (χ3v) is 9.12. The summed E-state index contributed by atoms with van der Waals surface area (Å²) in [5, 5.41) is 7.42. The van der Waals surface area contributed by atoms with Crippen LogP contribution in [0.4, 0.5) is 0 Å². The molecule has 0 spiro atoms. The molecule has 10 rings (SSSR count). The van der Waals surface area contributed by atoms with E-state index in [1.165, 1.54) is 60.5 Å². The van der Waals surface area contributed by atoms with Gasteiger partial charge in [-0.1, -0.05) is 103 Å². The predicted molar refractivity (Wildman–Crippen MR) is 175 cm³/mol. The Labute approximate surface area is 241 Å². The summed E-state index contributed by atoms with van der Waals surface area (Å²) < 4.78 is 8.84. The summed E-state index contributed by atoms with van der Waals surface area (Å²) in [4.78, 5) is 0. The van der Waals surface area contributed by atoms with Crippen LogP contribution < -0.4 is 0 Å². The maximum atomic E-state index is 6.41. The third kappa shape index (κ3) is 2.83. The van der Waals surface area contributed by atoms with Crippen molar-refractivity contribution in [3.05, 3.63) is 140 Å². The number of hydrogen-bond donors (Lipinski definition) is 0. The lowest BCUT2D eigenvalue weighted by atomic mass is 10.00. The van der Waals surface area contributed by atoms with Gasteiger partial charge in [0.05, 0.1) is 11.0 Å². The minimum absolute atomic E-state index is 0.923. The van der Waals surface area contributed by atoms with Gasteiger partial charge in [0.15, 0.2) is 0 Å². The number of nitrogens with zero attached hydrogens (tertiary/aromatic N) is 1. The molecule has 0 aliphatic heterocycles. The van der Waals surface area contributed by atoms with Crippen molar-refractivity contribution in [1.82, 2.24) is 4.57 Å². The van der Waals surface area contributed by atoms with Crippen LogP contribution in [0, 0.1) is 0 Å². The highest BCUT2D eigenvalue weighted by atomic mass is 16.3. The minimum Gasteiger partial charge on any atom is -0.455 e. The summed E-state index contributed by atoms with van der Waals surface area (Å²) in [5.41, 5.74) is 13.0. The summed E-state index contributed by atoms with van der Waals surface area (Å²) in [6.07, 6.45) is 0. The van der Waals surface area contributed by atoms with Crippen LogP contribution in [0.2, 0.25) is 0 Å². The first-order valence-corrected chi connectivity index (χ1v) is 14.4. The average Bonchev–Trinajstić information content (AvgIpc) is 3.70. The van der Waals surface area contributed by atoms with Gasteiger partial charge in [0.25, 0.3) is 0 Å². The number of furan rings is 1. The lowest BCUT2D eigenvalue weighted by Crippen LogP contribution is -1.94. The maximum Gasteiger partial charge on any atom is 0.143 e. The predicted octanol–water partition coefficient (Wildman–Crippen LogP) is 11.2. The van der Waals surface area contributed by atoms with Gasteiger partial charge in [-0.25, -0.2) is 0 Å². The zero-order valence-electron chi connectivity index (χ0n) is 22.6. The van der Waals surface area contributed by atoms with E-state index in [1.807, 2.05) is 12.1 Å². The first kappa shape index (κ1) is 22.1. The SMILES string of the molecule is c1ccc2c(c1)-c1cccc3cc(-n4c5ccccc5c5cc(-c6cccc7c6oc6ccccc67)ccc54)cc-2c13. The molecule has 1 aliphatic carbocycles. The molecule has 0 radical (unpaired) electrons. The molecule has 0 atom stereocenters. The fourth-order valence-corrected chi connectivity index (χ4v) is 7.32. The third-order valence-electron chi connectivity index (χ3n) is 9.12. The maximum absolute atomic E-state index is 6.41. The molecule has 0 amide bonds. The van der Waals surface area contributed by atoms with Crippen molar-refractivity contribution >= 4 is 54.5 Å². The van der Waals surface area contributed by atoms with E-state index in [-0.39, 0.29) is 0 Å². The number of para-hydroxylation sites is 3. The van der Waals surface area contributed by atoms with Crippen LogP contribution in [0.1, 0.15) is 0 Å². The highest BCUT2D eigenvalue weighted by Gasteiger charge is 2.23. The van der Waals surface area contributed by atoms with Crippen LogP contribution in [0.15, 0.2) is 144 Å². The monoisotopic (exact) mass is 533 g/mol. The van der Waals surface area contributed by atoms with Crippen molar-refractivity contribution in [3.8, 4) is 39.1 Å². The summed E-state index contributed by atoms with van der Waals surface area (Å²) in [6, 6.07) is 50.6. The van der Waals surface area contributed by atoms with Crippen LogP contribution in [-0.2, 0) is 0 Å². The van der Waals surface area contributed by atoms with Gasteiger partial charge in [0.1, 0.15) is 11.2 Å². The molecule has 2 nitrogen and oxygen atoms in total. The van der Waals surface area contributed by atoms with E-state index < -0.39 is 0 Å². The van der Waals surface area contributed by atoms with E-state index in [0.29, 0.717) is 0 Å². The van der Waals surface area contributed by atoms with Gasteiger partial charge in [-0.2, -0.15) is 0 Å². The van der Waals surface area contributed by atoms with Crippen LogP contribution >= 0.6 is 0 Å². The van der Waals surface area contributed by atoms with E-state index >= 15 is 0 Å². The van der Waals surface area contributed by atoms with Crippen LogP contribution in [-0.4, -0.2) is 4.57 Å². The summed E-state index contributed by atoms with van der Waals surface area (Å²) in [7, 11) is 0. The molecule has 194 valence electrons. The number of rotatable bonds is 2. The smallest absolute Gasteiger partial charge is 0.143 e. The second-order valence-electron chi connectivity index (χ2n) is 11.3. The first-order valence-electron chi connectivity index (χ1n) is 14.4. The topological polar surface area (TPSA) is 18.1 Å². The lowest BCUT2D eigenvalue weighted by Gasteiger charge is -2.12. The fraction of sp³-hybridized carbons (Fsp3) is 0. The van der Waals surface area contributed by atoms with Crippen molar-refractivity contribution < 1.29 is 4.42 Å². The molecular formula is C40H23NO. The van der Waals surface area contributed by atoms with Gasteiger partial charge in [-0.3, -0.25) is 0 Å². The van der Waals surface area contributed by atoms with Gasteiger partial charge >= 0.3 is 0 Å². The van der Waals surface area contributed by atoms with Gasteiger partial charge in [0, 0.05) is 32.8 Å². The molecular weight excluding hydrogens is 510 g/mol. The number of fused-ring (bicyclic) bond motifs is 9. The standard InChI is InChI=1S/C40H23NO/c1-2-11-29-28(10-1)32-15-7-9-25-21-26(23-35(29)39(25)32)41-36-17-5-3-12-30(36)34-22-24(19-20-37(34)41)27-14-8-16-33-31-13-4-6-18-38(31)42-40(27)33/h1-23H. The van der Waals surface area contributed by atoms with E-state index in [0.717, 1.165) is 33.1 Å². The van der Waals surface area contributed by atoms with Gasteiger partial charge in [-0.05, 0) is 75.0 Å². The summed E-state index contributed by atoms with van der Waals surface area (Å²) in [6.45, 7) is 0. The zero-order chi connectivity index (χ0) is 27.4. The Morgan fingerprint density at radius 2 is 1.12 bits per heavy atom. The molecule has 0 saturated heterocycles. The first-order chi connectivity index (χ1) is 20.8. The fourth-order valence-electron chi connectivity index (χ4n) is 7.32. The molecule has 0 bridgehead atoms. The quantitative estimate of drug-likeness (QED) is 0.216. The number of aromatic nitrogens is 1. The molecule has 7 aromatic carbocycles. The Morgan fingerprint density at radius 3 is 2.05 bits per heavy atom. The Balaban J connectivity index is 1.25. The Bertz CT molecular complexity index is 2580. The molecule has 42 heavy (non-hydrogen) atoms. The van der Waals surface area contributed by atoms with Crippen LogP contribution in [0.5, 0.6) is 0 Å². The zero-order valence-corrected chi connectivity index (χ0v) is 22.6. The molecule has 2 heteroatoms. The second kappa shape index (κ2) is 7.99. The Hall–Kier alpha value is -5.60. The largest absolute Gasteiger partial charge is 0.455 e. The van der Waals surface area contributed by atoms with E-state index in [9.17, 15) is 0 Å². The van der Waals surface area contributed by atoms with E-state index in [4.69, 9.17) is 4.42 Å². The average molecular weight is 534 g/mol. The van der Waals surface area contributed by atoms with Crippen molar-refractivity contribution in [3.63, 3.8) is 0 Å². The molecule has 0 saturated carbocycles. The minimum atomic E-state index is 0.923. The Kier molecular flexibility index (Phi) is 4.21. The van der Waals surface area contributed by atoms with Crippen LogP contribution in [0.3, 0.4) is 0 Å². The van der Waals surface area contributed by atoms with E-state index in [2.05, 4.69) is 132 Å². The lowest BCUT2D eigenvalue weighted by molar-refractivity contribution is 0.670. The van der Waals surface area contributed by atoms with Crippen molar-refractivity contribution in [2.75, 3.05) is 0 Å². The summed E-state index contributed by atoms with van der Waals surface area (Å²) >= 11 is 0. The number of benzene rings is 7. The molecule has 0 unspecified atom stereocenters.